The molecule has 0 aliphatic carbocycles. The number of rotatable bonds is 7. The third-order valence-corrected chi connectivity index (χ3v) is 5.85. The van der Waals surface area contributed by atoms with Crippen molar-refractivity contribution >= 4 is 28.1 Å². The Morgan fingerprint density at radius 3 is 2.22 bits per heavy atom. The number of allylic oxidation sites excluding steroid dienone is 1. The van der Waals surface area contributed by atoms with Gasteiger partial charge in [0.25, 0.3) is 0 Å². The van der Waals surface area contributed by atoms with E-state index in [4.69, 9.17) is 13.9 Å². The highest BCUT2D eigenvalue weighted by Crippen LogP contribution is 2.37. The van der Waals surface area contributed by atoms with Crippen molar-refractivity contribution in [2.75, 3.05) is 12.4 Å². The van der Waals surface area contributed by atoms with Crippen LogP contribution < -0.4 is 14.8 Å². The molecule has 0 aliphatic rings. The van der Waals surface area contributed by atoms with Crippen molar-refractivity contribution in [3.63, 3.8) is 0 Å². The Hall–Kier alpha value is -4.77. The summed E-state index contributed by atoms with van der Waals surface area (Å²) >= 11 is 0. The number of fused-ring (bicyclic) bond motifs is 1. The van der Waals surface area contributed by atoms with E-state index in [2.05, 4.69) is 5.32 Å². The molecule has 1 aromatic heterocycles. The summed E-state index contributed by atoms with van der Waals surface area (Å²) in [6.07, 6.45) is 3.32. The molecule has 0 unspecified atom stereocenters. The van der Waals surface area contributed by atoms with E-state index in [0.29, 0.717) is 17.2 Å². The molecular weight excluding hydrogens is 450 g/mol. The average molecular weight is 476 g/mol. The minimum absolute atomic E-state index is 0.234. The molecule has 0 fully saturated rings. The lowest BCUT2D eigenvalue weighted by molar-refractivity contribution is -0.111. The Bertz CT molecular complexity index is 1520. The lowest BCUT2D eigenvalue weighted by Gasteiger charge is -2.10. The molecule has 36 heavy (non-hydrogen) atoms. The van der Waals surface area contributed by atoms with Crippen LogP contribution in [0.1, 0.15) is 12.5 Å². The number of nitrogens with one attached hydrogen (secondary N) is 1. The van der Waals surface area contributed by atoms with Gasteiger partial charge in [0.15, 0.2) is 0 Å². The van der Waals surface area contributed by atoms with Gasteiger partial charge in [0.05, 0.1) is 13.4 Å². The Balaban J connectivity index is 1.36. The van der Waals surface area contributed by atoms with Gasteiger partial charge in [-0.2, -0.15) is 0 Å². The average Bonchev–Trinajstić information content (AvgIpc) is 3.33. The normalized spacial score (nSPS) is 11.3. The van der Waals surface area contributed by atoms with Gasteiger partial charge in [0.1, 0.15) is 22.8 Å². The molecular formula is C31H25NO4. The summed E-state index contributed by atoms with van der Waals surface area (Å²) in [5.74, 6) is 1.85. The third-order valence-electron chi connectivity index (χ3n) is 5.85. The van der Waals surface area contributed by atoms with Crippen molar-refractivity contribution in [2.24, 2.45) is 0 Å². The zero-order valence-electron chi connectivity index (χ0n) is 20.0. The number of anilines is 1. The van der Waals surface area contributed by atoms with Crippen LogP contribution in [-0.4, -0.2) is 13.0 Å². The summed E-state index contributed by atoms with van der Waals surface area (Å²) in [6.45, 7) is 1.89. The molecule has 0 bridgehead atoms. The molecule has 1 heterocycles. The minimum atomic E-state index is -0.234. The number of ether oxygens (including phenoxy) is 2. The molecule has 0 saturated carbocycles. The second-order valence-electron chi connectivity index (χ2n) is 8.32. The number of hydrogen-bond donors (Lipinski definition) is 1. The topological polar surface area (TPSA) is 60.7 Å². The van der Waals surface area contributed by atoms with E-state index in [9.17, 15) is 4.79 Å². The predicted octanol–water partition coefficient (Wildman–Crippen LogP) is 7.94. The van der Waals surface area contributed by atoms with Gasteiger partial charge in [-0.05, 0) is 60.5 Å². The number of furan rings is 1. The van der Waals surface area contributed by atoms with Gasteiger partial charge in [-0.3, -0.25) is 4.79 Å². The Kier molecular flexibility index (Phi) is 6.54. The van der Waals surface area contributed by atoms with Gasteiger partial charge in [-0.15, -0.1) is 0 Å². The first-order valence-electron chi connectivity index (χ1n) is 11.6. The van der Waals surface area contributed by atoms with E-state index in [0.717, 1.165) is 39.0 Å². The zero-order chi connectivity index (χ0) is 24.9. The van der Waals surface area contributed by atoms with E-state index < -0.39 is 0 Å². The van der Waals surface area contributed by atoms with E-state index in [-0.39, 0.29) is 5.91 Å². The molecule has 1 amide bonds. The molecule has 0 atom stereocenters. The molecule has 0 radical (unpaired) electrons. The monoisotopic (exact) mass is 475 g/mol. The number of carbonyl (C=O) groups excluding carboxylic acids is 1. The summed E-state index contributed by atoms with van der Waals surface area (Å²) in [5.41, 5.74) is 5.05. The molecule has 5 rings (SSSR count). The standard InChI is InChI=1S/C31H25NO4/c1-21(17-31(33)32-23-13-15-25(16-14-23)36-24-11-7-4-8-12-24)26-18-27-28(22-9-5-3-6-10-22)20-35-30(27)19-29(26)34-2/h3-20H,1-2H3,(H,32,33)/b21-17+. The number of carbonyl (C=O) groups is 1. The lowest BCUT2D eigenvalue weighted by atomic mass is 9.99. The van der Waals surface area contributed by atoms with Crippen LogP contribution in [0.5, 0.6) is 17.2 Å². The van der Waals surface area contributed by atoms with E-state index in [1.165, 1.54) is 0 Å². The van der Waals surface area contributed by atoms with Crippen molar-refractivity contribution in [1.29, 1.82) is 0 Å². The minimum Gasteiger partial charge on any atom is -0.496 e. The quantitative estimate of drug-likeness (QED) is 0.243. The highest BCUT2D eigenvalue weighted by atomic mass is 16.5. The Labute approximate surface area is 209 Å². The maximum absolute atomic E-state index is 12.8. The van der Waals surface area contributed by atoms with Crippen LogP contribution in [0.3, 0.4) is 0 Å². The van der Waals surface area contributed by atoms with Crippen molar-refractivity contribution in [3.8, 4) is 28.4 Å². The fourth-order valence-corrected chi connectivity index (χ4v) is 4.06. The van der Waals surface area contributed by atoms with E-state index >= 15 is 0 Å². The predicted molar refractivity (Wildman–Crippen MR) is 143 cm³/mol. The highest BCUT2D eigenvalue weighted by molar-refractivity contribution is 6.05. The maximum Gasteiger partial charge on any atom is 0.248 e. The number of methoxy groups -OCH3 is 1. The molecule has 5 aromatic rings. The van der Waals surface area contributed by atoms with Crippen LogP contribution >= 0.6 is 0 Å². The van der Waals surface area contributed by atoms with Crippen LogP contribution in [0.15, 0.2) is 114 Å². The van der Waals surface area contributed by atoms with Gasteiger partial charge >= 0.3 is 0 Å². The smallest absolute Gasteiger partial charge is 0.248 e. The fraction of sp³-hybridized carbons (Fsp3) is 0.0645. The molecule has 0 spiro atoms. The summed E-state index contributed by atoms with van der Waals surface area (Å²) < 4.78 is 17.2. The van der Waals surface area contributed by atoms with Gasteiger partial charge in [-0.1, -0.05) is 48.5 Å². The first-order chi connectivity index (χ1) is 17.6. The molecule has 4 aromatic carbocycles. The van der Waals surface area contributed by atoms with E-state index in [1.54, 1.807) is 19.4 Å². The second-order valence-corrected chi connectivity index (χ2v) is 8.32. The van der Waals surface area contributed by atoms with Crippen LogP contribution in [-0.2, 0) is 4.79 Å². The first-order valence-corrected chi connectivity index (χ1v) is 11.6. The number of amides is 1. The summed E-state index contributed by atoms with van der Waals surface area (Å²) in [5, 5.41) is 3.87. The second kappa shape index (κ2) is 10.2. The lowest BCUT2D eigenvalue weighted by Crippen LogP contribution is -2.08. The van der Waals surface area contributed by atoms with Crippen molar-refractivity contribution in [2.45, 2.75) is 6.92 Å². The molecule has 0 saturated heterocycles. The van der Waals surface area contributed by atoms with Crippen LogP contribution in [0.25, 0.3) is 27.7 Å². The van der Waals surface area contributed by atoms with Gasteiger partial charge in [0.2, 0.25) is 5.91 Å². The van der Waals surface area contributed by atoms with Gasteiger partial charge in [-0.25, -0.2) is 0 Å². The van der Waals surface area contributed by atoms with Crippen LogP contribution in [0.4, 0.5) is 5.69 Å². The van der Waals surface area contributed by atoms with Gasteiger partial charge in [0, 0.05) is 34.3 Å². The largest absolute Gasteiger partial charge is 0.496 e. The SMILES string of the molecule is COc1cc2occ(-c3ccccc3)c2cc1/C(C)=C/C(=O)Nc1ccc(Oc2ccccc2)cc1. The van der Waals surface area contributed by atoms with Crippen LogP contribution in [0, 0.1) is 0 Å². The Morgan fingerprint density at radius 2 is 1.53 bits per heavy atom. The molecule has 1 N–H and O–H groups in total. The van der Waals surface area contributed by atoms with Crippen molar-refractivity contribution in [3.05, 3.63) is 115 Å². The van der Waals surface area contributed by atoms with E-state index in [1.807, 2.05) is 104 Å². The zero-order valence-corrected chi connectivity index (χ0v) is 20.0. The van der Waals surface area contributed by atoms with Gasteiger partial charge < -0.3 is 19.2 Å². The fourth-order valence-electron chi connectivity index (χ4n) is 4.06. The first kappa shape index (κ1) is 23.0. The van der Waals surface area contributed by atoms with Crippen molar-refractivity contribution < 1.29 is 18.7 Å². The summed E-state index contributed by atoms with van der Waals surface area (Å²) in [7, 11) is 1.61. The third kappa shape index (κ3) is 5.00. The molecule has 0 aliphatic heterocycles. The highest BCUT2D eigenvalue weighted by Gasteiger charge is 2.15. The molecule has 5 nitrogen and oxygen atoms in total. The molecule has 5 heteroatoms. The van der Waals surface area contributed by atoms with Crippen molar-refractivity contribution in [1.82, 2.24) is 0 Å². The maximum atomic E-state index is 12.8. The number of para-hydroxylation sites is 1. The Morgan fingerprint density at radius 1 is 0.861 bits per heavy atom. The summed E-state index contributed by atoms with van der Waals surface area (Å²) in [4.78, 5) is 12.8. The summed E-state index contributed by atoms with van der Waals surface area (Å²) in [6, 6.07) is 30.7. The van der Waals surface area contributed by atoms with Crippen LogP contribution in [0.2, 0.25) is 0 Å². The number of hydrogen-bond acceptors (Lipinski definition) is 4. The number of benzene rings is 4. The molecule has 178 valence electrons.